The lowest BCUT2D eigenvalue weighted by atomic mass is 10.0. The fourth-order valence-corrected chi connectivity index (χ4v) is 1.82. The topological polar surface area (TPSA) is 69.6 Å². The molecule has 0 aliphatic rings. The fourth-order valence-electron chi connectivity index (χ4n) is 1.82. The minimum absolute atomic E-state index is 0.178. The molecular formula is C14H21NO3. The molecule has 0 heterocycles. The van der Waals surface area contributed by atoms with Crippen molar-refractivity contribution in [1.82, 2.24) is 5.32 Å². The van der Waals surface area contributed by atoms with Gasteiger partial charge in [0.15, 0.2) is 6.10 Å². The van der Waals surface area contributed by atoms with Gasteiger partial charge in [0.05, 0.1) is 6.10 Å². The molecule has 0 fully saturated rings. The second kappa shape index (κ2) is 7.13. The van der Waals surface area contributed by atoms with E-state index in [9.17, 15) is 15.0 Å². The maximum absolute atomic E-state index is 11.7. The summed E-state index contributed by atoms with van der Waals surface area (Å²) >= 11 is 0. The Bertz CT molecular complexity index is 365. The number of nitrogens with one attached hydrogen (secondary N) is 1. The molecule has 0 aromatic heterocycles. The van der Waals surface area contributed by atoms with Crippen molar-refractivity contribution < 1.29 is 15.0 Å². The lowest BCUT2D eigenvalue weighted by Crippen LogP contribution is -2.33. The van der Waals surface area contributed by atoms with E-state index >= 15 is 0 Å². The molecule has 4 heteroatoms. The van der Waals surface area contributed by atoms with Crippen LogP contribution in [0.15, 0.2) is 30.3 Å². The molecule has 3 atom stereocenters. The van der Waals surface area contributed by atoms with Gasteiger partial charge in [0.1, 0.15) is 0 Å². The van der Waals surface area contributed by atoms with Gasteiger partial charge in [-0.1, -0.05) is 37.3 Å². The van der Waals surface area contributed by atoms with Gasteiger partial charge in [0, 0.05) is 6.54 Å². The van der Waals surface area contributed by atoms with Crippen molar-refractivity contribution in [2.45, 2.75) is 32.5 Å². The molecule has 1 rings (SSSR count). The van der Waals surface area contributed by atoms with E-state index in [0.717, 1.165) is 0 Å². The number of benzene rings is 1. The zero-order chi connectivity index (χ0) is 13.5. The van der Waals surface area contributed by atoms with Gasteiger partial charge in [-0.05, 0) is 24.8 Å². The molecule has 0 bridgehead atoms. The van der Waals surface area contributed by atoms with E-state index in [-0.39, 0.29) is 12.0 Å². The Kier molecular flexibility index (Phi) is 5.82. The molecular weight excluding hydrogens is 230 g/mol. The number of amides is 1. The molecule has 0 saturated heterocycles. The van der Waals surface area contributed by atoms with Crippen molar-refractivity contribution in [1.29, 1.82) is 0 Å². The summed E-state index contributed by atoms with van der Waals surface area (Å²) < 4.78 is 0. The van der Waals surface area contributed by atoms with E-state index in [1.807, 2.05) is 13.0 Å². The smallest absolute Gasteiger partial charge is 0.253 e. The van der Waals surface area contributed by atoms with Gasteiger partial charge >= 0.3 is 0 Å². The zero-order valence-corrected chi connectivity index (χ0v) is 10.8. The van der Waals surface area contributed by atoms with Crippen LogP contribution in [-0.4, -0.2) is 28.8 Å². The molecule has 0 saturated carbocycles. The van der Waals surface area contributed by atoms with E-state index in [1.165, 1.54) is 0 Å². The maximum atomic E-state index is 11.7. The first-order valence-electron chi connectivity index (χ1n) is 6.19. The van der Waals surface area contributed by atoms with E-state index < -0.39 is 12.0 Å². The number of carbonyl (C=O) groups is 1. The molecule has 1 amide bonds. The summed E-state index contributed by atoms with van der Waals surface area (Å²) in [7, 11) is 0. The third-order valence-electron chi connectivity index (χ3n) is 2.73. The van der Waals surface area contributed by atoms with Gasteiger partial charge in [-0.2, -0.15) is 0 Å². The van der Waals surface area contributed by atoms with Gasteiger partial charge in [-0.15, -0.1) is 0 Å². The summed E-state index contributed by atoms with van der Waals surface area (Å²) in [6.45, 7) is 4.12. The second-order valence-electron chi connectivity index (χ2n) is 4.75. The van der Waals surface area contributed by atoms with Crippen LogP contribution in [0.1, 0.15) is 31.9 Å². The van der Waals surface area contributed by atoms with Gasteiger partial charge in [0.2, 0.25) is 0 Å². The summed E-state index contributed by atoms with van der Waals surface area (Å²) in [6.07, 6.45) is -0.886. The molecule has 1 aromatic carbocycles. The number of hydrogen-bond donors (Lipinski definition) is 3. The van der Waals surface area contributed by atoms with Crippen molar-refractivity contribution >= 4 is 5.91 Å². The molecule has 0 aliphatic carbocycles. The van der Waals surface area contributed by atoms with Crippen molar-refractivity contribution in [2.24, 2.45) is 5.92 Å². The highest BCUT2D eigenvalue weighted by atomic mass is 16.3. The molecule has 4 nitrogen and oxygen atoms in total. The number of aliphatic hydroxyl groups is 2. The summed E-state index contributed by atoms with van der Waals surface area (Å²) in [5.74, 6) is -0.226. The van der Waals surface area contributed by atoms with Crippen LogP contribution in [0.2, 0.25) is 0 Å². The first-order valence-corrected chi connectivity index (χ1v) is 6.19. The van der Waals surface area contributed by atoms with Crippen LogP contribution in [0.25, 0.3) is 0 Å². The third-order valence-corrected chi connectivity index (χ3v) is 2.73. The third kappa shape index (κ3) is 4.85. The van der Waals surface area contributed by atoms with Crippen LogP contribution in [-0.2, 0) is 4.79 Å². The number of hydrogen-bond acceptors (Lipinski definition) is 3. The van der Waals surface area contributed by atoms with E-state index in [4.69, 9.17) is 0 Å². The van der Waals surface area contributed by atoms with Crippen LogP contribution < -0.4 is 5.32 Å². The molecule has 0 radical (unpaired) electrons. The largest absolute Gasteiger partial charge is 0.393 e. The maximum Gasteiger partial charge on any atom is 0.253 e. The fraction of sp³-hybridized carbons (Fsp3) is 0.500. The highest BCUT2D eigenvalue weighted by Crippen LogP contribution is 2.12. The number of rotatable bonds is 6. The Morgan fingerprint density at radius 1 is 1.22 bits per heavy atom. The monoisotopic (exact) mass is 251 g/mol. The molecule has 3 unspecified atom stereocenters. The van der Waals surface area contributed by atoms with Crippen molar-refractivity contribution in [3.63, 3.8) is 0 Å². The minimum atomic E-state index is -1.13. The quantitative estimate of drug-likeness (QED) is 0.712. The molecule has 0 spiro atoms. The highest BCUT2D eigenvalue weighted by molar-refractivity contribution is 5.81. The van der Waals surface area contributed by atoms with Crippen LogP contribution in [0.3, 0.4) is 0 Å². The summed E-state index contributed by atoms with van der Waals surface area (Å²) in [5, 5.41) is 21.7. The SMILES string of the molecule is CC(O)CC(C)CNC(=O)C(O)c1ccccc1. The van der Waals surface area contributed by atoms with Crippen LogP contribution >= 0.6 is 0 Å². The van der Waals surface area contributed by atoms with Crippen molar-refractivity contribution in [2.75, 3.05) is 6.54 Å². The lowest BCUT2D eigenvalue weighted by molar-refractivity contribution is -0.129. The first kappa shape index (κ1) is 14.7. The average molecular weight is 251 g/mol. The van der Waals surface area contributed by atoms with Gasteiger partial charge in [-0.25, -0.2) is 0 Å². The molecule has 18 heavy (non-hydrogen) atoms. The Morgan fingerprint density at radius 2 is 1.83 bits per heavy atom. The van der Waals surface area contributed by atoms with Crippen LogP contribution in [0.4, 0.5) is 0 Å². The summed E-state index contributed by atoms with van der Waals surface area (Å²) in [5.41, 5.74) is 0.582. The summed E-state index contributed by atoms with van der Waals surface area (Å²) in [6, 6.07) is 8.82. The standard InChI is InChI=1S/C14H21NO3/c1-10(8-11(2)16)9-15-14(18)13(17)12-6-4-3-5-7-12/h3-7,10-11,13,16-17H,8-9H2,1-2H3,(H,15,18). The number of aliphatic hydroxyl groups excluding tert-OH is 2. The highest BCUT2D eigenvalue weighted by Gasteiger charge is 2.17. The minimum Gasteiger partial charge on any atom is -0.393 e. The predicted octanol–water partition coefficient (Wildman–Crippen LogP) is 1.24. The van der Waals surface area contributed by atoms with Crippen LogP contribution in [0.5, 0.6) is 0 Å². The van der Waals surface area contributed by atoms with Crippen LogP contribution in [0, 0.1) is 5.92 Å². The molecule has 100 valence electrons. The van der Waals surface area contributed by atoms with E-state index in [2.05, 4.69) is 5.32 Å². The zero-order valence-electron chi connectivity index (χ0n) is 10.8. The molecule has 3 N–H and O–H groups in total. The second-order valence-corrected chi connectivity index (χ2v) is 4.75. The average Bonchev–Trinajstić information content (AvgIpc) is 2.35. The van der Waals surface area contributed by atoms with E-state index in [1.54, 1.807) is 31.2 Å². The lowest BCUT2D eigenvalue weighted by Gasteiger charge is -2.16. The Hall–Kier alpha value is -1.39. The van der Waals surface area contributed by atoms with Crippen molar-refractivity contribution in [3.05, 3.63) is 35.9 Å². The van der Waals surface area contributed by atoms with Crippen molar-refractivity contribution in [3.8, 4) is 0 Å². The molecule has 0 aliphatic heterocycles. The Labute approximate surface area is 108 Å². The normalized spacial score (nSPS) is 15.8. The predicted molar refractivity (Wildman–Crippen MR) is 69.9 cm³/mol. The van der Waals surface area contributed by atoms with Gasteiger partial charge in [0.25, 0.3) is 5.91 Å². The van der Waals surface area contributed by atoms with E-state index in [0.29, 0.717) is 18.5 Å². The number of carbonyl (C=O) groups excluding carboxylic acids is 1. The molecule has 1 aromatic rings. The Balaban J connectivity index is 2.41. The first-order chi connectivity index (χ1) is 8.50. The summed E-state index contributed by atoms with van der Waals surface area (Å²) in [4.78, 5) is 11.7. The van der Waals surface area contributed by atoms with Gasteiger partial charge < -0.3 is 15.5 Å². The Morgan fingerprint density at radius 3 is 2.39 bits per heavy atom. The van der Waals surface area contributed by atoms with Gasteiger partial charge in [-0.3, -0.25) is 4.79 Å².